The minimum atomic E-state index is -0.591. The van der Waals surface area contributed by atoms with Crippen LogP contribution in [-0.4, -0.2) is 68.2 Å². The van der Waals surface area contributed by atoms with Crippen LogP contribution in [0.3, 0.4) is 0 Å². The summed E-state index contributed by atoms with van der Waals surface area (Å²) in [5, 5.41) is 10.3. The Morgan fingerprint density at radius 3 is 2.71 bits per heavy atom. The summed E-state index contributed by atoms with van der Waals surface area (Å²) < 4.78 is 10.8. The summed E-state index contributed by atoms with van der Waals surface area (Å²) in [6, 6.07) is 0. The molecule has 0 aromatic rings. The Labute approximate surface area is 104 Å². The maximum absolute atomic E-state index is 10.3. The van der Waals surface area contributed by atoms with Gasteiger partial charge in [-0.3, -0.25) is 0 Å². The first-order valence-electron chi connectivity index (χ1n) is 6.36. The van der Waals surface area contributed by atoms with E-state index in [0.29, 0.717) is 32.9 Å². The topological polar surface area (TPSA) is 68.0 Å². The van der Waals surface area contributed by atoms with Crippen molar-refractivity contribution in [3.05, 3.63) is 0 Å². The van der Waals surface area contributed by atoms with E-state index >= 15 is 0 Å². The molecule has 102 valence electrons. The summed E-state index contributed by atoms with van der Waals surface area (Å²) in [5.74, 6) is 0. The van der Waals surface area contributed by atoms with E-state index in [2.05, 4.69) is 4.90 Å². The summed E-state index contributed by atoms with van der Waals surface area (Å²) in [7, 11) is 2.00. The normalized spacial score (nSPS) is 21.7. The lowest BCUT2D eigenvalue weighted by molar-refractivity contribution is -0.0793. The Morgan fingerprint density at radius 2 is 2.12 bits per heavy atom. The van der Waals surface area contributed by atoms with Gasteiger partial charge in [0.15, 0.2) is 0 Å². The first kappa shape index (κ1) is 14.9. The van der Waals surface area contributed by atoms with Gasteiger partial charge in [0.25, 0.3) is 0 Å². The van der Waals surface area contributed by atoms with Crippen LogP contribution in [0.4, 0.5) is 0 Å². The monoisotopic (exact) mass is 246 g/mol. The number of rotatable bonds is 7. The third-order valence-corrected chi connectivity index (χ3v) is 3.20. The van der Waals surface area contributed by atoms with Gasteiger partial charge in [0.2, 0.25) is 0 Å². The van der Waals surface area contributed by atoms with Crippen molar-refractivity contribution < 1.29 is 14.6 Å². The molecule has 1 unspecified atom stereocenters. The van der Waals surface area contributed by atoms with Gasteiger partial charge in [-0.2, -0.15) is 0 Å². The Hall–Kier alpha value is -0.200. The van der Waals surface area contributed by atoms with Crippen LogP contribution < -0.4 is 5.73 Å². The SMILES string of the molecule is CC(CN)OCCN(C)CC1(O)CCOCC1. The minimum Gasteiger partial charge on any atom is -0.388 e. The molecule has 0 amide bonds. The highest BCUT2D eigenvalue weighted by Crippen LogP contribution is 2.21. The van der Waals surface area contributed by atoms with Crippen LogP contribution in [0, 0.1) is 0 Å². The summed E-state index contributed by atoms with van der Waals surface area (Å²) in [6.07, 6.45) is 1.55. The number of nitrogens with two attached hydrogens (primary N) is 1. The molecule has 1 atom stereocenters. The van der Waals surface area contributed by atoms with Crippen molar-refractivity contribution in [1.82, 2.24) is 4.90 Å². The minimum absolute atomic E-state index is 0.106. The molecule has 1 aliphatic heterocycles. The third kappa shape index (κ3) is 5.79. The molecular formula is C12H26N2O3. The van der Waals surface area contributed by atoms with Crippen LogP contribution in [0.2, 0.25) is 0 Å². The molecule has 0 aromatic heterocycles. The quantitative estimate of drug-likeness (QED) is 0.652. The van der Waals surface area contributed by atoms with Gasteiger partial charge in [0, 0.05) is 45.7 Å². The Kier molecular flexibility index (Phi) is 6.37. The molecule has 3 N–H and O–H groups in total. The fourth-order valence-corrected chi connectivity index (χ4v) is 1.97. The fourth-order valence-electron chi connectivity index (χ4n) is 1.97. The predicted octanol–water partition coefficient (Wildman–Crippen LogP) is -0.176. The van der Waals surface area contributed by atoms with Crippen LogP contribution in [0.15, 0.2) is 0 Å². The van der Waals surface area contributed by atoms with E-state index in [1.165, 1.54) is 0 Å². The molecule has 17 heavy (non-hydrogen) atoms. The molecule has 0 aliphatic carbocycles. The van der Waals surface area contributed by atoms with Crippen molar-refractivity contribution in [3.63, 3.8) is 0 Å². The van der Waals surface area contributed by atoms with Crippen molar-refractivity contribution in [2.24, 2.45) is 5.73 Å². The van der Waals surface area contributed by atoms with Gasteiger partial charge in [-0.15, -0.1) is 0 Å². The number of ether oxygens (including phenoxy) is 2. The maximum atomic E-state index is 10.3. The van der Waals surface area contributed by atoms with Crippen LogP contribution in [-0.2, 0) is 9.47 Å². The molecule has 1 fully saturated rings. The molecule has 1 aliphatic rings. The second kappa shape index (κ2) is 7.28. The van der Waals surface area contributed by atoms with Crippen molar-refractivity contribution in [2.75, 3.05) is 46.5 Å². The van der Waals surface area contributed by atoms with Gasteiger partial charge in [0.05, 0.1) is 18.3 Å². The third-order valence-electron chi connectivity index (χ3n) is 3.20. The van der Waals surface area contributed by atoms with E-state index in [9.17, 15) is 5.11 Å². The molecule has 0 spiro atoms. The van der Waals surface area contributed by atoms with Crippen molar-refractivity contribution in [2.45, 2.75) is 31.5 Å². The van der Waals surface area contributed by atoms with Gasteiger partial charge < -0.3 is 25.2 Å². The van der Waals surface area contributed by atoms with E-state index in [1.807, 2.05) is 14.0 Å². The second-order valence-corrected chi connectivity index (χ2v) is 4.99. The van der Waals surface area contributed by atoms with E-state index in [1.54, 1.807) is 0 Å². The molecule has 0 bridgehead atoms. The average molecular weight is 246 g/mol. The number of nitrogens with zero attached hydrogens (tertiary/aromatic N) is 1. The van der Waals surface area contributed by atoms with Crippen molar-refractivity contribution in [3.8, 4) is 0 Å². The fraction of sp³-hybridized carbons (Fsp3) is 1.00. The van der Waals surface area contributed by atoms with E-state index in [4.69, 9.17) is 15.2 Å². The van der Waals surface area contributed by atoms with E-state index in [0.717, 1.165) is 19.4 Å². The van der Waals surface area contributed by atoms with Gasteiger partial charge in [-0.05, 0) is 14.0 Å². The average Bonchev–Trinajstić information content (AvgIpc) is 2.29. The first-order valence-corrected chi connectivity index (χ1v) is 6.36. The van der Waals surface area contributed by atoms with Crippen LogP contribution >= 0.6 is 0 Å². The zero-order valence-electron chi connectivity index (χ0n) is 11.0. The molecular weight excluding hydrogens is 220 g/mol. The molecule has 5 heteroatoms. The molecule has 0 radical (unpaired) electrons. The summed E-state index contributed by atoms with van der Waals surface area (Å²) in [6.45, 7) is 5.97. The number of hydrogen-bond acceptors (Lipinski definition) is 5. The number of hydrogen-bond donors (Lipinski definition) is 2. The predicted molar refractivity (Wildman–Crippen MR) is 67.0 cm³/mol. The lowest BCUT2D eigenvalue weighted by Gasteiger charge is -2.35. The number of aliphatic hydroxyl groups is 1. The summed E-state index contributed by atoms with van der Waals surface area (Å²) in [5.41, 5.74) is 4.88. The van der Waals surface area contributed by atoms with Gasteiger partial charge in [-0.1, -0.05) is 0 Å². The lowest BCUT2D eigenvalue weighted by atomic mass is 9.94. The smallest absolute Gasteiger partial charge is 0.0817 e. The molecule has 0 aromatic carbocycles. The molecule has 1 saturated heterocycles. The Balaban J connectivity index is 2.17. The van der Waals surface area contributed by atoms with E-state index in [-0.39, 0.29) is 6.10 Å². The van der Waals surface area contributed by atoms with E-state index < -0.39 is 5.60 Å². The first-order chi connectivity index (χ1) is 8.06. The highest BCUT2D eigenvalue weighted by Gasteiger charge is 2.30. The van der Waals surface area contributed by atoms with Gasteiger partial charge in [0.1, 0.15) is 0 Å². The highest BCUT2D eigenvalue weighted by molar-refractivity contribution is 4.83. The van der Waals surface area contributed by atoms with Crippen LogP contribution in [0.5, 0.6) is 0 Å². The largest absolute Gasteiger partial charge is 0.388 e. The standard InChI is InChI=1S/C12H26N2O3/c1-11(9-13)17-8-5-14(2)10-12(15)3-6-16-7-4-12/h11,15H,3-10,13H2,1-2H3. The number of likely N-dealkylation sites (N-methyl/N-ethyl adjacent to an activating group) is 1. The van der Waals surface area contributed by atoms with Crippen molar-refractivity contribution >= 4 is 0 Å². The second-order valence-electron chi connectivity index (χ2n) is 4.99. The summed E-state index contributed by atoms with van der Waals surface area (Å²) in [4.78, 5) is 2.11. The van der Waals surface area contributed by atoms with Crippen molar-refractivity contribution in [1.29, 1.82) is 0 Å². The Bertz CT molecular complexity index is 208. The zero-order valence-corrected chi connectivity index (χ0v) is 11.0. The molecule has 5 nitrogen and oxygen atoms in total. The van der Waals surface area contributed by atoms with Crippen LogP contribution in [0.1, 0.15) is 19.8 Å². The molecule has 0 saturated carbocycles. The molecule has 1 rings (SSSR count). The maximum Gasteiger partial charge on any atom is 0.0817 e. The van der Waals surface area contributed by atoms with Gasteiger partial charge in [-0.25, -0.2) is 0 Å². The lowest BCUT2D eigenvalue weighted by Crippen LogP contribution is -2.46. The Morgan fingerprint density at radius 1 is 1.47 bits per heavy atom. The molecule has 1 heterocycles. The summed E-state index contributed by atoms with van der Waals surface area (Å²) >= 11 is 0. The van der Waals surface area contributed by atoms with Gasteiger partial charge >= 0.3 is 0 Å². The zero-order chi connectivity index (χ0) is 12.7. The van der Waals surface area contributed by atoms with Crippen LogP contribution in [0.25, 0.3) is 0 Å². The highest BCUT2D eigenvalue weighted by atomic mass is 16.5.